The van der Waals surface area contributed by atoms with Gasteiger partial charge in [-0.1, -0.05) is 6.92 Å². The molecular formula is C14H22N2O2. The Labute approximate surface area is 108 Å². The molecule has 0 spiro atoms. The van der Waals surface area contributed by atoms with Crippen LogP contribution in [0.3, 0.4) is 0 Å². The van der Waals surface area contributed by atoms with Gasteiger partial charge in [0.25, 0.3) is 5.91 Å². The predicted molar refractivity (Wildman–Crippen MR) is 70.5 cm³/mol. The molecule has 4 nitrogen and oxygen atoms in total. The van der Waals surface area contributed by atoms with Crippen LogP contribution in [0.15, 0.2) is 10.5 Å². The van der Waals surface area contributed by atoms with Gasteiger partial charge in [-0.15, -0.1) is 0 Å². The molecule has 2 atom stereocenters. The van der Waals surface area contributed by atoms with Crippen molar-refractivity contribution >= 4 is 5.91 Å². The highest BCUT2D eigenvalue weighted by atomic mass is 16.4. The molecule has 1 aromatic heterocycles. The van der Waals surface area contributed by atoms with E-state index in [-0.39, 0.29) is 11.9 Å². The Balaban J connectivity index is 2.24. The lowest BCUT2D eigenvalue weighted by molar-refractivity contribution is 0.0499. The second-order valence-electron chi connectivity index (χ2n) is 5.29. The standard InChI is InChI=1S/C14H22N2O2/c1-9-5-4-6-16(12(9)8-15)14(17)13-10(2)7-11(3)18-13/h7,9,12H,4-6,8,15H2,1-3H3/t9-,12+/m0/s1. The van der Waals surface area contributed by atoms with Crippen molar-refractivity contribution in [2.24, 2.45) is 11.7 Å². The van der Waals surface area contributed by atoms with Crippen molar-refractivity contribution in [2.75, 3.05) is 13.1 Å². The Morgan fingerprint density at radius 1 is 1.56 bits per heavy atom. The van der Waals surface area contributed by atoms with Crippen LogP contribution in [0.4, 0.5) is 0 Å². The normalized spacial score (nSPS) is 24.3. The zero-order valence-electron chi connectivity index (χ0n) is 11.4. The second-order valence-corrected chi connectivity index (χ2v) is 5.29. The molecule has 4 heteroatoms. The minimum absolute atomic E-state index is 0.0115. The molecule has 100 valence electrons. The van der Waals surface area contributed by atoms with E-state index in [0.717, 1.165) is 30.7 Å². The lowest BCUT2D eigenvalue weighted by Gasteiger charge is -2.39. The number of hydrogen-bond donors (Lipinski definition) is 1. The summed E-state index contributed by atoms with van der Waals surface area (Å²) in [4.78, 5) is 14.4. The summed E-state index contributed by atoms with van der Waals surface area (Å²) in [6.45, 7) is 7.24. The lowest BCUT2D eigenvalue weighted by atomic mass is 9.90. The number of piperidine rings is 1. The van der Waals surface area contributed by atoms with Crippen molar-refractivity contribution in [1.29, 1.82) is 0 Å². The molecule has 2 heterocycles. The largest absolute Gasteiger partial charge is 0.456 e. The third kappa shape index (κ3) is 2.29. The first-order valence-electron chi connectivity index (χ1n) is 6.62. The van der Waals surface area contributed by atoms with Crippen molar-refractivity contribution in [1.82, 2.24) is 4.90 Å². The molecule has 1 fully saturated rings. The van der Waals surface area contributed by atoms with Crippen molar-refractivity contribution in [2.45, 2.75) is 39.7 Å². The van der Waals surface area contributed by atoms with E-state index in [9.17, 15) is 4.79 Å². The first kappa shape index (κ1) is 13.1. The molecule has 0 aromatic carbocycles. The molecule has 1 aromatic rings. The van der Waals surface area contributed by atoms with Gasteiger partial charge in [-0.25, -0.2) is 0 Å². The fourth-order valence-corrected chi connectivity index (χ4v) is 2.84. The monoisotopic (exact) mass is 250 g/mol. The first-order valence-corrected chi connectivity index (χ1v) is 6.62. The predicted octanol–water partition coefficient (Wildman–Crippen LogP) is 2.10. The Kier molecular flexibility index (Phi) is 3.76. The number of nitrogens with zero attached hydrogens (tertiary/aromatic N) is 1. The number of carbonyl (C=O) groups is 1. The van der Waals surface area contributed by atoms with E-state index in [0.29, 0.717) is 18.2 Å². The van der Waals surface area contributed by atoms with Crippen LogP contribution in [-0.2, 0) is 0 Å². The minimum Gasteiger partial charge on any atom is -0.456 e. The van der Waals surface area contributed by atoms with Gasteiger partial charge >= 0.3 is 0 Å². The Morgan fingerprint density at radius 3 is 2.83 bits per heavy atom. The van der Waals surface area contributed by atoms with Crippen molar-refractivity contribution in [3.8, 4) is 0 Å². The minimum atomic E-state index is -0.0115. The number of hydrogen-bond acceptors (Lipinski definition) is 3. The van der Waals surface area contributed by atoms with Crippen LogP contribution in [0.25, 0.3) is 0 Å². The maximum atomic E-state index is 12.5. The Bertz CT molecular complexity index is 439. The van der Waals surface area contributed by atoms with E-state index < -0.39 is 0 Å². The van der Waals surface area contributed by atoms with Gasteiger partial charge in [0, 0.05) is 24.7 Å². The molecule has 18 heavy (non-hydrogen) atoms. The average molecular weight is 250 g/mol. The zero-order chi connectivity index (χ0) is 13.3. The van der Waals surface area contributed by atoms with E-state index in [4.69, 9.17) is 10.2 Å². The van der Waals surface area contributed by atoms with E-state index >= 15 is 0 Å². The van der Waals surface area contributed by atoms with Crippen LogP contribution in [0.1, 0.15) is 41.6 Å². The molecule has 0 bridgehead atoms. The summed E-state index contributed by atoms with van der Waals surface area (Å²) in [5.74, 6) is 1.71. The van der Waals surface area contributed by atoms with Crippen LogP contribution in [0.2, 0.25) is 0 Å². The van der Waals surface area contributed by atoms with E-state index in [1.54, 1.807) is 0 Å². The number of rotatable bonds is 2. The summed E-state index contributed by atoms with van der Waals surface area (Å²) in [5, 5.41) is 0. The third-order valence-electron chi connectivity index (χ3n) is 3.85. The van der Waals surface area contributed by atoms with Crippen LogP contribution in [-0.4, -0.2) is 29.9 Å². The van der Waals surface area contributed by atoms with Crippen LogP contribution in [0, 0.1) is 19.8 Å². The number of likely N-dealkylation sites (tertiary alicyclic amines) is 1. The van der Waals surface area contributed by atoms with E-state index in [1.807, 2.05) is 24.8 Å². The molecule has 1 saturated heterocycles. The summed E-state index contributed by atoms with van der Waals surface area (Å²) in [6, 6.07) is 2.04. The van der Waals surface area contributed by atoms with E-state index in [2.05, 4.69) is 6.92 Å². The van der Waals surface area contributed by atoms with Gasteiger partial charge in [-0.3, -0.25) is 4.79 Å². The Hall–Kier alpha value is -1.29. The molecule has 1 aliphatic rings. The third-order valence-corrected chi connectivity index (χ3v) is 3.85. The molecule has 0 saturated carbocycles. The van der Waals surface area contributed by atoms with Crippen LogP contribution >= 0.6 is 0 Å². The number of furan rings is 1. The lowest BCUT2D eigenvalue weighted by Crippen LogP contribution is -2.51. The van der Waals surface area contributed by atoms with Gasteiger partial charge in [0.1, 0.15) is 5.76 Å². The zero-order valence-corrected chi connectivity index (χ0v) is 11.4. The maximum Gasteiger partial charge on any atom is 0.290 e. The fourth-order valence-electron chi connectivity index (χ4n) is 2.84. The molecule has 1 amide bonds. The first-order chi connectivity index (χ1) is 8.54. The molecule has 0 radical (unpaired) electrons. The van der Waals surface area contributed by atoms with Gasteiger partial charge < -0.3 is 15.1 Å². The smallest absolute Gasteiger partial charge is 0.290 e. The molecule has 0 unspecified atom stereocenters. The summed E-state index contributed by atoms with van der Waals surface area (Å²) in [5.41, 5.74) is 6.73. The molecular weight excluding hydrogens is 228 g/mol. The topological polar surface area (TPSA) is 59.5 Å². The van der Waals surface area contributed by atoms with Crippen LogP contribution < -0.4 is 5.73 Å². The summed E-state index contributed by atoms with van der Waals surface area (Å²) >= 11 is 0. The summed E-state index contributed by atoms with van der Waals surface area (Å²) in [7, 11) is 0. The highest BCUT2D eigenvalue weighted by Crippen LogP contribution is 2.26. The van der Waals surface area contributed by atoms with Gasteiger partial charge in [0.2, 0.25) is 0 Å². The molecule has 2 rings (SSSR count). The summed E-state index contributed by atoms with van der Waals surface area (Å²) < 4.78 is 5.53. The van der Waals surface area contributed by atoms with Crippen molar-refractivity contribution < 1.29 is 9.21 Å². The molecule has 2 N–H and O–H groups in total. The average Bonchev–Trinajstić information content (AvgIpc) is 2.67. The van der Waals surface area contributed by atoms with Crippen molar-refractivity contribution in [3.63, 3.8) is 0 Å². The van der Waals surface area contributed by atoms with Crippen molar-refractivity contribution in [3.05, 3.63) is 23.2 Å². The van der Waals surface area contributed by atoms with E-state index in [1.165, 1.54) is 0 Å². The highest BCUT2D eigenvalue weighted by Gasteiger charge is 2.33. The number of amides is 1. The second kappa shape index (κ2) is 5.14. The molecule has 0 aliphatic carbocycles. The van der Waals surface area contributed by atoms with Gasteiger partial charge in [0.15, 0.2) is 5.76 Å². The Morgan fingerprint density at radius 2 is 2.28 bits per heavy atom. The summed E-state index contributed by atoms with van der Waals surface area (Å²) in [6.07, 6.45) is 2.18. The van der Waals surface area contributed by atoms with Crippen LogP contribution in [0.5, 0.6) is 0 Å². The maximum absolute atomic E-state index is 12.5. The highest BCUT2D eigenvalue weighted by molar-refractivity contribution is 5.93. The fraction of sp³-hybridized carbons (Fsp3) is 0.643. The number of carbonyl (C=O) groups excluding carboxylic acids is 1. The number of nitrogens with two attached hydrogens (primary N) is 1. The van der Waals surface area contributed by atoms with Gasteiger partial charge in [-0.05, 0) is 38.7 Å². The molecule has 1 aliphatic heterocycles. The SMILES string of the molecule is Cc1cc(C)c(C(=O)N2CCC[C@H](C)[C@H]2CN)o1. The van der Waals surface area contributed by atoms with Gasteiger partial charge in [0.05, 0.1) is 0 Å². The quantitative estimate of drug-likeness (QED) is 0.874. The van der Waals surface area contributed by atoms with Gasteiger partial charge in [-0.2, -0.15) is 0 Å². The number of aryl methyl sites for hydroxylation is 2.